The molecule has 0 unspecified atom stereocenters. The average Bonchev–Trinajstić information content (AvgIpc) is 3.11. The van der Waals surface area contributed by atoms with Gasteiger partial charge in [-0.1, -0.05) is 41.4 Å². The van der Waals surface area contributed by atoms with Gasteiger partial charge in [-0.15, -0.1) is 0 Å². The van der Waals surface area contributed by atoms with Gasteiger partial charge in [-0.05, 0) is 42.8 Å². The van der Waals surface area contributed by atoms with E-state index in [4.69, 9.17) is 27.6 Å². The third kappa shape index (κ3) is 4.24. The summed E-state index contributed by atoms with van der Waals surface area (Å²) in [6.07, 6.45) is 2.71. The largest absolute Gasteiger partial charge is 0.456 e. The van der Waals surface area contributed by atoms with Crippen LogP contribution in [0.5, 0.6) is 0 Å². The summed E-state index contributed by atoms with van der Waals surface area (Å²) in [5, 5.41) is 14.5. The highest BCUT2D eigenvalue weighted by Gasteiger charge is 2.19. The molecular weight excluding hydrogens is 403 g/mol. The van der Waals surface area contributed by atoms with Crippen molar-refractivity contribution in [1.29, 1.82) is 0 Å². The zero-order chi connectivity index (χ0) is 20.3. The second-order valence-electron chi connectivity index (χ2n) is 5.85. The topological polar surface area (TPSA) is 85.4 Å². The molecule has 0 aliphatic rings. The molecule has 0 saturated carbocycles. The Morgan fingerprint density at radius 1 is 1.11 bits per heavy atom. The fourth-order valence-electron chi connectivity index (χ4n) is 2.64. The Labute approximate surface area is 170 Å². The normalized spacial score (nSPS) is 11.0. The van der Waals surface area contributed by atoms with Gasteiger partial charge in [0.2, 0.25) is 5.91 Å². The number of benzene rings is 2. The van der Waals surface area contributed by atoms with Gasteiger partial charge < -0.3 is 9.73 Å². The van der Waals surface area contributed by atoms with Gasteiger partial charge >= 0.3 is 0 Å². The number of carbonyl (C=O) groups excluding carboxylic acids is 1. The number of nitro groups is 1. The maximum Gasteiger partial charge on any atom is 0.280 e. The van der Waals surface area contributed by atoms with E-state index >= 15 is 0 Å². The summed E-state index contributed by atoms with van der Waals surface area (Å²) < 4.78 is 5.67. The molecule has 0 spiro atoms. The van der Waals surface area contributed by atoms with E-state index in [-0.39, 0.29) is 5.69 Å². The SMILES string of the molecule is Cc1cccc([N+](=O)[O-])c1-c1ccc(/C=C/C(=O)Nc2c(Cl)cccc2Cl)o1. The molecule has 2 aromatic carbocycles. The highest BCUT2D eigenvalue weighted by Crippen LogP contribution is 2.34. The Morgan fingerprint density at radius 3 is 2.46 bits per heavy atom. The van der Waals surface area contributed by atoms with Gasteiger partial charge in [-0.25, -0.2) is 0 Å². The molecule has 8 heteroatoms. The summed E-state index contributed by atoms with van der Waals surface area (Å²) in [6, 6.07) is 12.9. The molecule has 1 amide bonds. The van der Waals surface area contributed by atoms with Gasteiger partial charge in [-0.3, -0.25) is 14.9 Å². The number of anilines is 1. The first kappa shape index (κ1) is 19.7. The van der Waals surface area contributed by atoms with Crippen LogP contribution >= 0.6 is 23.2 Å². The van der Waals surface area contributed by atoms with E-state index in [1.54, 1.807) is 49.4 Å². The quantitative estimate of drug-likeness (QED) is 0.308. The van der Waals surface area contributed by atoms with Crippen molar-refractivity contribution in [2.75, 3.05) is 5.32 Å². The van der Waals surface area contributed by atoms with Gasteiger partial charge in [0, 0.05) is 12.1 Å². The Hall–Kier alpha value is -3.09. The van der Waals surface area contributed by atoms with E-state index in [1.165, 1.54) is 18.2 Å². The standard InChI is InChI=1S/C20H14Cl2N2O4/c1-12-4-2-7-16(24(26)27)19(12)17-10-8-13(28-17)9-11-18(25)23-20-14(21)5-3-6-15(20)22/h2-11H,1H3,(H,23,25)/b11-9+. The lowest BCUT2D eigenvalue weighted by Crippen LogP contribution is -2.08. The molecule has 1 aromatic heterocycles. The van der Waals surface area contributed by atoms with Gasteiger partial charge in [0.05, 0.1) is 26.2 Å². The third-order valence-electron chi connectivity index (χ3n) is 3.93. The fourth-order valence-corrected chi connectivity index (χ4v) is 3.13. The zero-order valence-corrected chi connectivity index (χ0v) is 16.1. The molecule has 0 aliphatic carbocycles. The van der Waals surface area contributed by atoms with E-state index in [0.29, 0.717) is 38.4 Å². The van der Waals surface area contributed by atoms with E-state index in [2.05, 4.69) is 5.32 Å². The van der Waals surface area contributed by atoms with Crippen LogP contribution in [0, 0.1) is 17.0 Å². The molecule has 1 heterocycles. The first-order valence-corrected chi connectivity index (χ1v) is 8.89. The summed E-state index contributed by atoms with van der Waals surface area (Å²) >= 11 is 12.0. The zero-order valence-electron chi connectivity index (χ0n) is 14.6. The number of hydrogen-bond donors (Lipinski definition) is 1. The molecule has 0 bridgehead atoms. The number of aryl methyl sites for hydroxylation is 1. The summed E-state index contributed by atoms with van der Waals surface area (Å²) in [4.78, 5) is 22.9. The van der Waals surface area contributed by atoms with Crippen LogP contribution in [0.1, 0.15) is 11.3 Å². The van der Waals surface area contributed by atoms with Crippen LogP contribution in [-0.2, 0) is 4.79 Å². The predicted octanol–water partition coefficient (Wildman–Crippen LogP) is 6.12. The van der Waals surface area contributed by atoms with Crippen LogP contribution in [0.2, 0.25) is 10.0 Å². The number of amides is 1. The first-order chi connectivity index (χ1) is 13.4. The number of rotatable bonds is 5. The molecule has 0 atom stereocenters. The Balaban J connectivity index is 1.80. The molecule has 1 N–H and O–H groups in total. The summed E-state index contributed by atoms with van der Waals surface area (Å²) in [5.41, 5.74) is 1.39. The molecule has 3 aromatic rings. The van der Waals surface area contributed by atoms with Crippen LogP contribution in [0.25, 0.3) is 17.4 Å². The highest BCUT2D eigenvalue weighted by atomic mass is 35.5. The second-order valence-corrected chi connectivity index (χ2v) is 6.66. The monoisotopic (exact) mass is 416 g/mol. The number of hydrogen-bond acceptors (Lipinski definition) is 4. The number of nitrogens with zero attached hydrogens (tertiary/aromatic N) is 1. The lowest BCUT2D eigenvalue weighted by atomic mass is 10.0. The van der Waals surface area contributed by atoms with Crippen LogP contribution in [0.15, 0.2) is 59.0 Å². The number of furan rings is 1. The third-order valence-corrected chi connectivity index (χ3v) is 4.56. The highest BCUT2D eigenvalue weighted by molar-refractivity contribution is 6.39. The molecule has 28 heavy (non-hydrogen) atoms. The molecule has 0 radical (unpaired) electrons. The fraction of sp³-hybridized carbons (Fsp3) is 0.0500. The van der Waals surface area contributed by atoms with Crippen molar-refractivity contribution in [3.05, 3.63) is 86.1 Å². The van der Waals surface area contributed by atoms with Crippen molar-refractivity contribution in [3.63, 3.8) is 0 Å². The van der Waals surface area contributed by atoms with Gasteiger partial charge in [-0.2, -0.15) is 0 Å². The second kappa shape index (κ2) is 8.29. The number of nitro benzene ring substituents is 1. The van der Waals surface area contributed by atoms with Crippen molar-refractivity contribution >= 4 is 46.6 Å². The van der Waals surface area contributed by atoms with Crippen LogP contribution in [-0.4, -0.2) is 10.8 Å². The smallest absolute Gasteiger partial charge is 0.280 e. The Morgan fingerprint density at radius 2 is 1.79 bits per heavy atom. The number of para-hydroxylation sites is 1. The average molecular weight is 417 g/mol. The lowest BCUT2D eigenvalue weighted by molar-refractivity contribution is -0.384. The van der Waals surface area contributed by atoms with Crippen molar-refractivity contribution in [1.82, 2.24) is 0 Å². The molecule has 0 aliphatic heterocycles. The molecule has 3 rings (SSSR count). The van der Waals surface area contributed by atoms with Crippen molar-refractivity contribution < 1.29 is 14.1 Å². The maximum atomic E-state index is 12.1. The minimum absolute atomic E-state index is 0.0454. The molecule has 0 fully saturated rings. The lowest BCUT2D eigenvalue weighted by Gasteiger charge is -2.06. The van der Waals surface area contributed by atoms with E-state index in [0.717, 1.165) is 0 Å². The molecule has 0 saturated heterocycles. The van der Waals surface area contributed by atoms with Crippen molar-refractivity contribution in [2.24, 2.45) is 0 Å². The van der Waals surface area contributed by atoms with E-state index < -0.39 is 10.8 Å². The summed E-state index contributed by atoms with van der Waals surface area (Å²) in [7, 11) is 0. The number of carbonyl (C=O) groups is 1. The van der Waals surface area contributed by atoms with E-state index in [9.17, 15) is 14.9 Å². The minimum atomic E-state index is -0.457. The van der Waals surface area contributed by atoms with E-state index in [1.807, 2.05) is 0 Å². The molecule has 6 nitrogen and oxygen atoms in total. The molecule has 142 valence electrons. The minimum Gasteiger partial charge on any atom is -0.456 e. The first-order valence-electron chi connectivity index (χ1n) is 8.14. The van der Waals surface area contributed by atoms with Crippen LogP contribution in [0.3, 0.4) is 0 Å². The Bertz CT molecular complexity index is 1070. The maximum absolute atomic E-state index is 12.1. The van der Waals surface area contributed by atoms with Crippen LogP contribution in [0.4, 0.5) is 11.4 Å². The predicted molar refractivity (Wildman–Crippen MR) is 110 cm³/mol. The Kier molecular flexibility index (Phi) is 5.82. The number of halogens is 2. The summed E-state index contributed by atoms with van der Waals surface area (Å²) in [5.74, 6) is 0.266. The molecular formula is C20H14Cl2N2O4. The van der Waals surface area contributed by atoms with Crippen molar-refractivity contribution in [2.45, 2.75) is 6.92 Å². The van der Waals surface area contributed by atoms with Crippen molar-refractivity contribution in [3.8, 4) is 11.3 Å². The van der Waals surface area contributed by atoms with Gasteiger partial charge in [0.1, 0.15) is 11.5 Å². The summed E-state index contributed by atoms with van der Waals surface area (Å²) in [6.45, 7) is 1.77. The number of nitrogens with one attached hydrogen (secondary N) is 1. The van der Waals surface area contributed by atoms with Gasteiger partial charge in [0.25, 0.3) is 5.69 Å². The van der Waals surface area contributed by atoms with Crippen LogP contribution < -0.4 is 5.32 Å². The van der Waals surface area contributed by atoms with Gasteiger partial charge in [0.15, 0.2) is 0 Å².